The molecule has 1 aliphatic heterocycles. The van der Waals surface area contributed by atoms with Crippen molar-refractivity contribution in [2.75, 3.05) is 26.2 Å². The van der Waals surface area contributed by atoms with E-state index in [1.807, 2.05) is 24.3 Å². The zero-order valence-corrected chi connectivity index (χ0v) is 12.3. The van der Waals surface area contributed by atoms with E-state index < -0.39 is 5.97 Å². The monoisotopic (exact) mass is 327 g/mol. The molecule has 2 rings (SSSR count). The zero-order valence-electron chi connectivity index (χ0n) is 10.7. The van der Waals surface area contributed by atoms with Crippen LogP contribution in [0, 0.1) is 5.92 Å². The Bertz CT molecular complexity index is 438. The summed E-state index contributed by atoms with van der Waals surface area (Å²) < 4.78 is 6.68. The van der Waals surface area contributed by atoms with Crippen LogP contribution in [-0.4, -0.2) is 42.2 Å². The average Bonchev–Trinajstić information content (AvgIpc) is 2.76. The first-order chi connectivity index (χ1) is 9.13. The Morgan fingerprint density at radius 2 is 2.37 bits per heavy atom. The first-order valence-corrected chi connectivity index (χ1v) is 7.25. The predicted octanol–water partition coefficient (Wildman–Crippen LogP) is 2.62. The molecule has 0 saturated carbocycles. The van der Waals surface area contributed by atoms with Gasteiger partial charge >= 0.3 is 5.97 Å². The second kappa shape index (κ2) is 6.91. The molecule has 1 aliphatic rings. The van der Waals surface area contributed by atoms with Crippen LogP contribution >= 0.6 is 15.9 Å². The van der Waals surface area contributed by atoms with E-state index >= 15 is 0 Å². The lowest BCUT2D eigenvalue weighted by Gasteiger charge is -2.16. The number of hydrogen-bond donors (Lipinski definition) is 1. The first-order valence-electron chi connectivity index (χ1n) is 6.46. The summed E-state index contributed by atoms with van der Waals surface area (Å²) >= 11 is 3.41. The van der Waals surface area contributed by atoms with Gasteiger partial charge in [0.05, 0.1) is 0 Å². The van der Waals surface area contributed by atoms with Crippen LogP contribution in [0.3, 0.4) is 0 Å². The van der Waals surface area contributed by atoms with Crippen molar-refractivity contribution in [3.8, 4) is 5.75 Å². The summed E-state index contributed by atoms with van der Waals surface area (Å²) in [6, 6.07) is 7.78. The molecular formula is C14H18BrNO3. The molecule has 4 nitrogen and oxygen atoms in total. The summed E-state index contributed by atoms with van der Waals surface area (Å²) in [6.45, 7) is 3.33. The van der Waals surface area contributed by atoms with E-state index in [0.29, 0.717) is 12.5 Å². The molecule has 1 fully saturated rings. The fourth-order valence-corrected chi connectivity index (χ4v) is 2.76. The van der Waals surface area contributed by atoms with Gasteiger partial charge in [-0.25, -0.2) is 0 Å². The number of benzene rings is 1. The van der Waals surface area contributed by atoms with Crippen LogP contribution in [-0.2, 0) is 4.79 Å². The highest BCUT2D eigenvalue weighted by atomic mass is 79.9. The molecule has 1 heterocycles. The van der Waals surface area contributed by atoms with Crippen LogP contribution in [0.15, 0.2) is 28.7 Å². The quantitative estimate of drug-likeness (QED) is 0.872. The van der Waals surface area contributed by atoms with Crippen LogP contribution in [0.25, 0.3) is 0 Å². The molecule has 0 radical (unpaired) electrons. The highest BCUT2D eigenvalue weighted by Gasteiger charge is 2.23. The van der Waals surface area contributed by atoms with Crippen LogP contribution in [0.5, 0.6) is 5.75 Å². The van der Waals surface area contributed by atoms with Gasteiger partial charge in [0.2, 0.25) is 0 Å². The predicted molar refractivity (Wildman–Crippen MR) is 76.4 cm³/mol. The number of carbonyl (C=O) groups is 1. The van der Waals surface area contributed by atoms with Crippen molar-refractivity contribution in [2.24, 2.45) is 5.92 Å². The minimum atomic E-state index is -0.697. The van der Waals surface area contributed by atoms with Gasteiger partial charge in [-0.05, 0) is 37.1 Å². The van der Waals surface area contributed by atoms with E-state index in [2.05, 4.69) is 20.8 Å². The zero-order chi connectivity index (χ0) is 13.7. The van der Waals surface area contributed by atoms with Gasteiger partial charge in [-0.3, -0.25) is 9.69 Å². The molecule has 0 aromatic heterocycles. The fourth-order valence-electron chi connectivity index (χ4n) is 2.38. The number of aliphatic carboxylic acids is 1. The lowest BCUT2D eigenvalue weighted by molar-refractivity contribution is -0.138. The molecule has 0 bridgehead atoms. The Morgan fingerprint density at radius 1 is 1.53 bits per heavy atom. The Kier molecular flexibility index (Phi) is 5.22. The number of likely N-dealkylation sites (tertiary alicyclic amines) is 1. The third-order valence-corrected chi connectivity index (χ3v) is 3.80. The Hall–Kier alpha value is -1.07. The Labute approximate surface area is 121 Å². The van der Waals surface area contributed by atoms with Crippen molar-refractivity contribution in [3.05, 3.63) is 28.7 Å². The Balaban J connectivity index is 1.68. The maximum atomic E-state index is 10.6. The third kappa shape index (κ3) is 4.84. The van der Waals surface area contributed by atoms with E-state index in [1.165, 1.54) is 0 Å². The minimum absolute atomic E-state index is 0.281. The van der Waals surface area contributed by atoms with Crippen molar-refractivity contribution in [3.63, 3.8) is 0 Å². The molecular weight excluding hydrogens is 310 g/mol. The molecule has 1 aromatic rings. The van der Waals surface area contributed by atoms with E-state index in [0.717, 1.165) is 36.3 Å². The van der Waals surface area contributed by atoms with E-state index in [4.69, 9.17) is 9.84 Å². The van der Waals surface area contributed by atoms with Crippen molar-refractivity contribution >= 4 is 21.9 Å². The Morgan fingerprint density at radius 3 is 3.11 bits per heavy atom. The van der Waals surface area contributed by atoms with Gasteiger partial charge in [0, 0.05) is 24.0 Å². The van der Waals surface area contributed by atoms with Crippen LogP contribution in [0.4, 0.5) is 0 Å². The number of ether oxygens (including phenoxy) is 1. The van der Waals surface area contributed by atoms with E-state index in [-0.39, 0.29) is 6.42 Å². The standard InChI is InChI=1S/C14H18BrNO3/c15-12-2-1-3-13(9-12)19-7-6-16-5-4-11(10-16)8-14(17)18/h1-3,9,11H,4-8,10H2,(H,17,18). The van der Waals surface area contributed by atoms with Crippen molar-refractivity contribution in [2.45, 2.75) is 12.8 Å². The molecule has 0 aliphatic carbocycles. The largest absolute Gasteiger partial charge is 0.492 e. The lowest BCUT2D eigenvalue weighted by atomic mass is 10.1. The summed E-state index contributed by atoms with van der Waals surface area (Å²) in [6.07, 6.45) is 1.26. The molecule has 1 atom stereocenters. The number of hydrogen-bond acceptors (Lipinski definition) is 3. The number of carboxylic acids is 1. The molecule has 5 heteroatoms. The molecule has 1 N–H and O–H groups in total. The smallest absolute Gasteiger partial charge is 0.303 e. The molecule has 0 amide bonds. The van der Waals surface area contributed by atoms with Crippen molar-refractivity contribution in [1.29, 1.82) is 0 Å². The second-order valence-electron chi connectivity index (χ2n) is 4.86. The van der Waals surface area contributed by atoms with E-state index in [9.17, 15) is 4.79 Å². The van der Waals surface area contributed by atoms with Gasteiger partial charge in [-0.15, -0.1) is 0 Å². The topological polar surface area (TPSA) is 49.8 Å². The molecule has 1 unspecified atom stereocenters. The van der Waals surface area contributed by atoms with Gasteiger partial charge in [-0.2, -0.15) is 0 Å². The SMILES string of the molecule is O=C(O)CC1CCN(CCOc2cccc(Br)c2)C1. The lowest BCUT2D eigenvalue weighted by Crippen LogP contribution is -2.26. The van der Waals surface area contributed by atoms with Crippen LogP contribution in [0.1, 0.15) is 12.8 Å². The van der Waals surface area contributed by atoms with Crippen LogP contribution in [0.2, 0.25) is 0 Å². The molecule has 0 spiro atoms. The maximum absolute atomic E-state index is 10.6. The molecule has 104 valence electrons. The van der Waals surface area contributed by atoms with Crippen molar-refractivity contribution in [1.82, 2.24) is 4.90 Å². The van der Waals surface area contributed by atoms with Crippen molar-refractivity contribution < 1.29 is 14.6 Å². The van der Waals surface area contributed by atoms with Gasteiger partial charge < -0.3 is 9.84 Å². The van der Waals surface area contributed by atoms with Gasteiger partial charge in [0.1, 0.15) is 12.4 Å². The third-order valence-electron chi connectivity index (χ3n) is 3.31. The van der Waals surface area contributed by atoms with Gasteiger partial charge in [0.15, 0.2) is 0 Å². The number of halogens is 1. The van der Waals surface area contributed by atoms with E-state index in [1.54, 1.807) is 0 Å². The average molecular weight is 328 g/mol. The minimum Gasteiger partial charge on any atom is -0.492 e. The molecule has 19 heavy (non-hydrogen) atoms. The normalized spacial score (nSPS) is 19.5. The second-order valence-corrected chi connectivity index (χ2v) is 5.77. The van der Waals surface area contributed by atoms with Gasteiger partial charge in [0.25, 0.3) is 0 Å². The number of rotatable bonds is 6. The van der Waals surface area contributed by atoms with Gasteiger partial charge in [-0.1, -0.05) is 22.0 Å². The summed E-state index contributed by atoms with van der Waals surface area (Å²) in [5.74, 6) is 0.455. The van der Waals surface area contributed by atoms with Crippen LogP contribution < -0.4 is 4.74 Å². The molecule has 1 aromatic carbocycles. The summed E-state index contributed by atoms with van der Waals surface area (Å²) in [7, 11) is 0. The summed E-state index contributed by atoms with van der Waals surface area (Å²) in [4.78, 5) is 12.9. The highest BCUT2D eigenvalue weighted by Crippen LogP contribution is 2.20. The summed E-state index contributed by atoms with van der Waals surface area (Å²) in [5.41, 5.74) is 0. The fraction of sp³-hybridized carbons (Fsp3) is 0.500. The highest BCUT2D eigenvalue weighted by molar-refractivity contribution is 9.10. The summed E-state index contributed by atoms with van der Waals surface area (Å²) in [5, 5.41) is 8.76. The maximum Gasteiger partial charge on any atom is 0.303 e. The first kappa shape index (κ1) is 14.3. The molecule has 1 saturated heterocycles. The number of carboxylic acid groups (broad SMARTS) is 1. The number of nitrogens with zero attached hydrogens (tertiary/aromatic N) is 1.